The smallest absolute Gasteiger partial charge is 0.255 e. The second-order valence-corrected chi connectivity index (χ2v) is 9.59. The average molecular weight is 463 g/mol. The van der Waals surface area contributed by atoms with Gasteiger partial charge in [-0.25, -0.2) is 0 Å². The summed E-state index contributed by atoms with van der Waals surface area (Å²) in [6.07, 6.45) is 5.49. The number of benzene rings is 2. The van der Waals surface area contributed by atoms with E-state index in [1.54, 1.807) is 24.3 Å². The van der Waals surface area contributed by atoms with Gasteiger partial charge in [-0.1, -0.05) is 28.1 Å². The molecule has 7 rings (SSSR count). The first-order valence-corrected chi connectivity index (χ1v) is 11.1. The number of halogens is 1. The van der Waals surface area contributed by atoms with Gasteiger partial charge >= 0.3 is 0 Å². The highest BCUT2D eigenvalue weighted by atomic mass is 79.9. The van der Waals surface area contributed by atoms with E-state index in [2.05, 4.69) is 33.4 Å². The molecule has 6 atom stereocenters. The van der Waals surface area contributed by atoms with Crippen LogP contribution in [0.4, 0.5) is 11.4 Å². The number of rotatable bonds is 3. The molecule has 1 saturated heterocycles. The van der Waals surface area contributed by atoms with Gasteiger partial charge in [-0.05, 0) is 78.6 Å². The molecule has 4 aliphatic carbocycles. The van der Waals surface area contributed by atoms with E-state index in [0.29, 0.717) is 28.8 Å². The van der Waals surface area contributed by atoms with Crippen LogP contribution in [0.1, 0.15) is 16.8 Å². The Bertz CT molecular complexity index is 1070. The van der Waals surface area contributed by atoms with Gasteiger partial charge in [-0.2, -0.15) is 0 Å². The van der Waals surface area contributed by atoms with Crippen molar-refractivity contribution in [3.05, 3.63) is 70.7 Å². The van der Waals surface area contributed by atoms with Crippen molar-refractivity contribution < 1.29 is 14.4 Å². The van der Waals surface area contributed by atoms with E-state index in [1.165, 1.54) is 4.90 Å². The Morgan fingerprint density at radius 1 is 0.867 bits per heavy atom. The van der Waals surface area contributed by atoms with E-state index in [0.717, 1.165) is 10.9 Å². The van der Waals surface area contributed by atoms with Crippen LogP contribution in [0.2, 0.25) is 0 Å². The van der Waals surface area contributed by atoms with E-state index >= 15 is 0 Å². The summed E-state index contributed by atoms with van der Waals surface area (Å²) in [5.41, 5.74) is 1.72. The summed E-state index contributed by atoms with van der Waals surface area (Å²) in [6, 6.07) is 14.1. The molecule has 3 amide bonds. The van der Waals surface area contributed by atoms with Crippen LogP contribution in [-0.2, 0) is 9.59 Å². The van der Waals surface area contributed by atoms with Gasteiger partial charge < -0.3 is 5.32 Å². The van der Waals surface area contributed by atoms with E-state index < -0.39 is 0 Å². The number of imide groups is 1. The Kier molecular flexibility index (Phi) is 3.84. The maximum Gasteiger partial charge on any atom is 0.255 e. The summed E-state index contributed by atoms with van der Waals surface area (Å²) in [7, 11) is 0. The predicted octanol–water partition coefficient (Wildman–Crippen LogP) is 4.26. The van der Waals surface area contributed by atoms with E-state index in [4.69, 9.17) is 0 Å². The molecule has 1 heterocycles. The molecule has 2 bridgehead atoms. The second-order valence-electron chi connectivity index (χ2n) is 8.67. The monoisotopic (exact) mass is 462 g/mol. The first-order valence-electron chi connectivity index (χ1n) is 10.3. The molecule has 1 aliphatic heterocycles. The number of amides is 3. The lowest BCUT2D eigenvalue weighted by Gasteiger charge is -2.37. The number of hydrogen-bond donors (Lipinski definition) is 1. The van der Waals surface area contributed by atoms with Crippen molar-refractivity contribution in [1.82, 2.24) is 0 Å². The summed E-state index contributed by atoms with van der Waals surface area (Å²) in [5, 5.41) is 2.85. The largest absolute Gasteiger partial charge is 0.322 e. The fourth-order valence-corrected chi connectivity index (χ4v) is 5.97. The molecule has 2 aromatic carbocycles. The zero-order chi connectivity index (χ0) is 20.6. The van der Waals surface area contributed by atoms with Crippen molar-refractivity contribution in [3.63, 3.8) is 0 Å². The minimum absolute atomic E-state index is 0.0817. The number of carbonyl (C=O) groups excluding carboxylic acids is 3. The molecule has 0 radical (unpaired) electrons. The topological polar surface area (TPSA) is 66.5 Å². The Labute approximate surface area is 182 Å². The molecular formula is C24H19BrN2O3. The van der Waals surface area contributed by atoms with E-state index in [9.17, 15) is 14.4 Å². The molecule has 150 valence electrons. The third kappa shape index (κ3) is 2.56. The lowest BCUT2D eigenvalue weighted by atomic mass is 9.63. The third-order valence-electron chi connectivity index (χ3n) is 7.15. The highest BCUT2D eigenvalue weighted by Crippen LogP contribution is 2.65. The van der Waals surface area contributed by atoms with E-state index in [1.807, 2.05) is 24.3 Å². The van der Waals surface area contributed by atoms with Gasteiger partial charge in [0.2, 0.25) is 11.8 Å². The lowest BCUT2D eigenvalue weighted by Crippen LogP contribution is -2.40. The van der Waals surface area contributed by atoms with Crippen LogP contribution < -0.4 is 10.2 Å². The molecule has 30 heavy (non-hydrogen) atoms. The maximum absolute atomic E-state index is 13.2. The Balaban J connectivity index is 1.23. The van der Waals surface area contributed by atoms with Crippen LogP contribution in [0.15, 0.2) is 65.2 Å². The number of anilines is 2. The molecule has 5 aliphatic rings. The highest BCUT2D eigenvalue weighted by Gasteiger charge is 2.67. The first kappa shape index (κ1) is 18.1. The van der Waals surface area contributed by atoms with Gasteiger partial charge in [0.05, 0.1) is 17.5 Å². The summed E-state index contributed by atoms with van der Waals surface area (Å²) in [4.78, 5) is 40.2. The number of hydrogen-bond acceptors (Lipinski definition) is 3. The van der Waals surface area contributed by atoms with Gasteiger partial charge in [0, 0.05) is 15.7 Å². The molecule has 0 spiro atoms. The summed E-state index contributed by atoms with van der Waals surface area (Å²) < 4.78 is 0.936. The number of allylic oxidation sites excluding steroid dienone is 2. The normalized spacial score (nSPS) is 32.8. The first-order chi connectivity index (χ1) is 14.5. The van der Waals surface area contributed by atoms with Crippen molar-refractivity contribution in [1.29, 1.82) is 0 Å². The van der Waals surface area contributed by atoms with Crippen molar-refractivity contribution in [3.8, 4) is 0 Å². The summed E-state index contributed by atoms with van der Waals surface area (Å²) in [6.45, 7) is 0. The fraction of sp³-hybridized carbons (Fsp3) is 0.292. The van der Waals surface area contributed by atoms with Crippen molar-refractivity contribution >= 4 is 45.0 Å². The molecule has 0 unspecified atom stereocenters. The second kappa shape index (κ2) is 6.38. The van der Waals surface area contributed by atoms with Crippen LogP contribution >= 0.6 is 15.9 Å². The Morgan fingerprint density at radius 3 is 2.00 bits per heavy atom. The Morgan fingerprint density at radius 2 is 1.43 bits per heavy atom. The quantitative estimate of drug-likeness (QED) is 0.547. The van der Waals surface area contributed by atoms with Crippen molar-refractivity contribution in [2.24, 2.45) is 35.5 Å². The van der Waals surface area contributed by atoms with Crippen LogP contribution in [0.5, 0.6) is 0 Å². The van der Waals surface area contributed by atoms with Crippen LogP contribution in [0.3, 0.4) is 0 Å². The molecule has 6 heteroatoms. The Hall–Kier alpha value is -2.73. The van der Waals surface area contributed by atoms with Gasteiger partial charge in [-0.3, -0.25) is 19.3 Å². The number of carbonyl (C=O) groups is 3. The van der Waals surface area contributed by atoms with Gasteiger partial charge in [0.25, 0.3) is 5.91 Å². The highest BCUT2D eigenvalue weighted by molar-refractivity contribution is 9.10. The minimum atomic E-state index is -0.237. The zero-order valence-electron chi connectivity index (χ0n) is 16.0. The predicted molar refractivity (Wildman–Crippen MR) is 116 cm³/mol. The maximum atomic E-state index is 13.2. The summed E-state index contributed by atoms with van der Waals surface area (Å²) >= 11 is 3.37. The average Bonchev–Trinajstić information content (AvgIpc) is 3.53. The van der Waals surface area contributed by atoms with Crippen molar-refractivity contribution in [2.45, 2.75) is 6.42 Å². The van der Waals surface area contributed by atoms with Crippen LogP contribution in [-0.4, -0.2) is 17.7 Å². The fourth-order valence-electron chi connectivity index (χ4n) is 5.71. The van der Waals surface area contributed by atoms with Gasteiger partial charge in [0.1, 0.15) is 0 Å². The summed E-state index contributed by atoms with van der Waals surface area (Å²) in [5.74, 6) is 0.769. The molecule has 5 nitrogen and oxygen atoms in total. The molecule has 1 N–H and O–H groups in total. The molecule has 2 saturated carbocycles. The standard InChI is InChI=1S/C24H19BrN2O3/c25-13-3-5-14(6-4-13)26-22(28)12-1-7-15(8-2-12)27-23(29)20-16-9-10-17(19-11-18(16)19)21(20)24(27)30/h1-10,16-21H,11H2,(H,26,28)/t16-,17-,18-,19-,20+,21+/m0/s1. The molecule has 2 aromatic rings. The SMILES string of the molecule is O=C(Nc1ccc(Br)cc1)c1ccc(N2C(=O)[C@@H]3[C@H]4C=C[C@@H]([C@@H]5C[C@@H]45)[C@H]3C2=O)cc1. The lowest BCUT2D eigenvalue weighted by molar-refractivity contribution is -0.124. The number of nitrogens with one attached hydrogen (secondary N) is 1. The van der Waals surface area contributed by atoms with Crippen molar-refractivity contribution in [2.75, 3.05) is 10.2 Å². The third-order valence-corrected chi connectivity index (χ3v) is 7.68. The van der Waals surface area contributed by atoms with Crippen LogP contribution in [0.25, 0.3) is 0 Å². The van der Waals surface area contributed by atoms with Crippen LogP contribution in [0, 0.1) is 35.5 Å². The number of nitrogens with zero attached hydrogens (tertiary/aromatic N) is 1. The van der Waals surface area contributed by atoms with E-state index in [-0.39, 0.29) is 41.4 Å². The minimum Gasteiger partial charge on any atom is -0.322 e. The molecule has 0 aromatic heterocycles. The zero-order valence-corrected chi connectivity index (χ0v) is 17.6. The molecule has 3 fully saturated rings. The van der Waals surface area contributed by atoms with Gasteiger partial charge in [0.15, 0.2) is 0 Å². The molecular weight excluding hydrogens is 444 g/mol. The van der Waals surface area contributed by atoms with Gasteiger partial charge in [-0.15, -0.1) is 0 Å².